The smallest absolute Gasteiger partial charge is 0.231 e. The Balaban J connectivity index is 0.00000245. The van der Waals surface area contributed by atoms with Gasteiger partial charge in [0.05, 0.1) is 19.8 Å². The number of unbranched alkanes of at least 4 members (excludes halogenated alkanes) is 3. The Morgan fingerprint density at radius 1 is 0.938 bits per heavy atom. The second-order valence-corrected chi connectivity index (χ2v) is 8.37. The van der Waals surface area contributed by atoms with Crippen LogP contribution in [0, 0.1) is 0 Å². The summed E-state index contributed by atoms with van der Waals surface area (Å²) in [7, 11) is 3.40. The Bertz CT molecular complexity index is 1140. The van der Waals surface area contributed by atoms with Crippen molar-refractivity contribution in [2.24, 2.45) is 0 Å². The van der Waals surface area contributed by atoms with Gasteiger partial charge < -0.3 is 31.4 Å². The van der Waals surface area contributed by atoms with Crippen molar-refractivity contribution in [3.63, 3.8) is 0 Å². The maximum atomic E-state index is 5.72. The largest absolute Gasteiger partial charge is 1.00 e. The molecular formula is C26H30ClNO4. The van der Waals surface area contributed by atoms with E-state index in [0.717, 1.165) is 42.4 Å². The summed E-state index contributed by atoms with van der Waals surface area (Å²) >= 11 is 0. The molecule has 1 aromatic heterocycles. The van der Waals surface area contributed by atoms with Gasteiger partial charge >= 0.3 is 0 Å². The lowest BCUT2D eigenvalue weighted by molar-refractivity contribution is -0.686. The molecule has 0 aliphatic carbocycles. The third-order valence-corrected chi connectivity index (χ3v) is 6.50. The first-order valence-corrected chi connectivity index (χ1v) is 11.3. The summed E-state index contributed by atoms with van der Waals surface area (Å²) in [5, 5.41) is 2.43. The highest BCUT2D eigenvalue weighted by molar-refractivity contribution is 5.91. The standard InChI is InChI=1S/C26H30NO4.ClH/c1-4-5-6-7-8-19-20-13-23(29-3)22(28-2)12-18(20)15-27-10-9-17-11-24-25(31-16-30-24)14-21(17)26(19)27;/h11-15H,4-10,16H2,1-3H3;1H/q+1;/p-1. The molecule has 3 aromatic rings. The molecule has 5 nitrogen and oxygen atoms in total. The summed E-state index contributed by atoms with van der Waals surface area (Å²) in [5.74, 6) is 3.25. The zero-order chi connectivity index (χ0) is 21.4. The predicted molar refractivity (Wildman–Crippen MR) is 120 cm³/mol. The lowest BCUT2D eigenvalue weighted by Gasteiger charge is -2.20. The number of hydrogen-bond acceptors (Lipinski definition) is 4. The van der Waals surface area contributed by atoms with Gasteiger partial charge in [-0.1, -0.05) is 26.2 Å². The Labute approximate surface area is 195 Å². The van der Waals surface area contributed by atoms with E-state index in [4.69, 9.17) is 18.9 Å². The van der Waals surface area contributed by atoms with Gasteiger partial charge in [0.25, 0.3) is 0 Å². The fraction of sp³-hybridized carbons (Fsp3) is 0.423. The summed E-state index contributed by atoms with van der Waals surface area (Å²) in [6, 6.07) is 8.59. The second-order valence-electron chi connectivity index (χ2n) is 8.37. The van der Waals surface area contributed by atoms with Crippen LogP contribution in [0.5, 0.6) is 23.0 Å². The molecule has 0 N–H and O–H groups in total. The molecule has 3 heterocycles. The van der Waals surface area contributed by atoms with Crippen LogP contribution >= 0.6 is 0 Å². The molecule has 0 unspecified atom stereocenters. The number of benzene rings is 2. The zero-order valence-corrected chi connectivity index (χ0v) is 19.8. The first-order valence-electron chi connectivity index (χ1n) is 11.3. The van der Waals surface area contributed by atoms with Crippen molar-refractivity contribution in [3.8, 4) is 34.3 Å². The van der Waals surface area contributed by atoms with Crippen molar-refractivity contribution in [2.45, 2.75) is 52.0 Å². The molecule has 170 valence electrons. The minimum atomic E-state index is 0. The lowest BCUT2D eigenvalue weighted by atomic mass is 9.89. The van der Waals surface area contributed by atoms with E-state index in [1.54, 1.807) is 14.2 Å². The van der Waals surface area contributed by atoms with Gasteiger partial charge in [-0.3, -0.25) is 0 Å². The van der Waals surface area contributed by atoms with Crippen LogP contribution in [-0.2, 0) is 19.4 Å². The molecule has 5 rings (SSSR count). The molecule has 0 spiro atoms. The minimum Gasteiger partial charge on any atom is -1.00 e. The monoisotopic (exact) mass is 455 g/mol. The van der Waals surface area contributed by atoms with E-state index in [-0.39, 0.29) is 12.4 Å². The average molecular weight is 456 g/mol. The number of halogens is 1. The van der Waals surface area contributed by atoms with Crippen molar-refractivity contribution in [2.75, 3.05) is 21.0 Å². The Morgan fingerprint density at radius 3 is 2.44 bits per heavy atom. The number of methoxy groups -OCH3 is 2. The van der Waals surface area contributed by atoms with Crippen LogP contribution in [-0.4, -0.2) is 21.0 Å². The highest BCUT2D eigenvalue weighted by atomic mass is 35.5. The molecule has 0 atom stereocenters. The maximum Gasteiger partial charge on any atom is 0.231 e. The molecule has 2 aliphatic rings. The third-order valence-electron chi connectivity index (χ3n) is 6.50. The summed E-state index contributed by atoms with van der Waals surface area (Å²) in [4.78, 5) is 0. The number of pyridine rings is 1. The van der Waals surface area contributed by atoms with Gasteiger partial charge in [0.15, 0.2) is 35.7 Å². The van der Waals surface area contributed by atoms with Crippen molar-refractivity contribution >= 4 is 10.8 Å². The average Bonchev–Trinajstić information content (AvgIpc) is 3.26. The van der Waals surface area contributed by atoms with E-state index < -0.39 is 0 Å². The number of rotatable bonds is 7. The van der Waals surface area contributed by atoms with Crippen LogP contribution in [0.1, 0.15) is 43.7 Å². The van der Waals surface area contributed by atoms with Crippen LogP contribution in [0.4, 0.5) is 0 Å². The molecule has 0 amide bonds. The Morgan fingerprint density at radius 2 is 1.69 bits per heavy atom. The molecule has 32 heavy (non-hydrogen) atoms. The summed E-state index contributed by atoms with van der Waals surface area (Å²) < 4.78 is 25.0. The molecule has 2 aliphatic heterocycles. The predicted octanol–water partition coefficient (Wildman–Crippen LogP) is 2.22. The summed E-state index contributed by atoms with van der Waals surface area (Å²) in [6.45, 7) is 3.51. The van der Waals surface area contributed by atoms with Crippen LogP contribution in [0.3, 0.4) is 0 Å². The fourth-order valence-electron chi connectivity index (χ4n) is 4.92. The number of aryl methyl sites for hydroxylation is 3. The molecule has 0 radical (unpaired) electrons. The number of nitrogens with zero attached hydrogens (tertiary/aromatic N) is 1. The minimum absolute atomic E-state index is 0. The molecule has 6 heteroatoms. The molecule has 2 aromatic carbocycles. The highest BCUT2D eigenvalue weighted by Crippen LogP contribution is 2.43. The van der Waals surface area contributed by atoms with Gasteiger partial charge in [0.2, 0.25) is 12.5 Å². The Hall–Kier alpha value is -2.66. The first kappa shape index (κ1) is 22.5. The van der Waals surface area contributed by atoms with Crippen molar-refractivity contribution in [3.05, 3.63) is 41.6 Å². The van der Waals surface area contributed by atoms with Crippen molar-refractivity contribution < 1.29 is 35.9 Å². The van der Waals surface area contributed by atoms with Gasteiger partial charge in [-0.25, -0.2) is 0 Å². The fourth-order valence-corrected chi connectivity index (χ4v) is 4.92. The number of hydrogen-bond donors (Lipinski definition) is 0. The SMILES string of the molecule is CCCCCCc1c2[n+](cc3cc(OC)c(OC)cc13)CCc1cc3c(cc1-2)OCO3.[Cl-]. The highest BCUT2D eigenvalue weighted by Gasteiger charge is 2.31. The van der Waals surface area contributed by atoms with E-state index in [1.807, 2.05) is 0 Å². The zero-order valence-electron chi connectivity index (χ0n) is 19.0. The number of fused-ring (bicyclic) bond motifs is 5. The van der Waals surface area contributed by atoms with Crippen LogP contribution in [0.2, 0.25) is 0 Å². The normalized spacial score (nSPS) is 13.3. The van der Waals surface area contributed by atoms with E-state index in [0.29, 0.717) is 6.79 Å². The number of ether oxygens (including phenoxy) is 4. The molecular weight excluding hydrogens is 426 g/mol. The van der Waals surface area contributed by atoms with Crippen LogP contribution < -0.4 is 35.9 Å². The maximum absolute atomic E-state index is 5.72. The second kappa shape index (κ2) is 9.45. The van der Waals surface area contributed by atoms with Crippen molar-refractivity contribution in [1.82, 2.24) is 0 Å². The van der Waals surface area contributed by atoms with Crippen LogP contribution in [0.25, 0.3) is 22.0 Å². The van der Waals surface area contributed by atoms with E-state index in [1.165, 1.54) is 58.8 Å². The quantitative estimate of drug-likeness (QED) is 0.404. The number of aromatic nitrogens is 1. The topological polar surface area (TPSA) is 40.8 Å². The molecule has 0 saturated carbocycles. The molecule has 0 fully saturated rings. The lowest BCUT2D eigenvalue weighted by Crippen LogP contribution is -3.00. The van der Waals surface area contributed by atoms with Gasteiger partial charge in [-0.2, -0.15) is 4.57 Å². The van der Waals surface area contributed by atoms with Crippen LogP contribution in [0.15, 0.2) is 30.5 Å². The first-order chi connectivity index (χ1) is 15.2. The Kier molecular flexibility index (Phi) is 6.66. The summed E-state index contributed by atoms with van der Waals surface area (Å²) in [5.41, 5.74) is 5.28. The van der Waals surface area contributed by atoms with Gasteiger partial charge in [-0.05, 0) is 42.7 Å². The van der Waals surface area contributed by atoms with Crippen molar-refractivity contribution in [1.29, 1.82) is 0 Å². The third kappa shape index (κ3) is 3.83. The van der Waals surface area contributed by atoms with E-state index in [2.05, 4.69) is 42.0 Å². The van der Waals surface area contributed by atoms with Gasteiger partial charge in [0, 0.05) is 22.8 Å². The summed E-state index contributed by atoms with van der Waals surface area (Å²) in [6.07, 6.45) is 9.21. The molecule has 0 bridgehead atoms. The van der Waals surface area contributed by atoms with Gasteiger partial charge in [0.1, 0.15) is 0 Å². The van der Waals surface area contributed by atoms with E-state index >= 15 is 0 Å². The van der Waals surface area contributed by atoms with E-state index in [9.17, 15) is 0 Å². The van der Waals surface area contributed by atoms with Gasteiger partial charge in [-0.15, -0.1) is 0 Å². The molecule has 0 saturated heterocycles.